The number of hydrogen-bond donors (Lipinski definition) is 2. The maximum atomic E-state index is 12.7. The molecule has 2 aromatic carbocycles. The first kappa shape index (κ1) is 18.6. The summed E-state index contributed by atoms with van der Waals surface area (Å²) >= 11 is 0. The number of amides is 2. The van der Waals surface area contributed by atoms with E-state index >= 15 is 0 Å². The lowest BCUT2D eigenvalue weighted by molar-refractivity contribution is -0.115. The third kappa shape index (κ3) is 4.31. The normalized spacial score (nSPS) is 10.6. The third-order valence-corrected chi connectivity index (χ3v) is 4.42. The molecule has 0 saturated carbocycles. The van der Waals surface area contributed by atoms with Gasteiger partial charge in [-0.15, -0.1) is 0 Å². The second kappa shape index (κ2) is 7.99. The number of fused-ring (bicyclic) bond motifs is 1. The van der Waals surface area contributed by atoms with Gasteiger partial charge in [0.25, 0.3) is 5.91 Å². The van der Waals surface area contributed by atoms with Crippen molar-refractivity contribution in [1.29, 1.82) is 0 Å². The van der Waals surface area contributed by atoms with Crippen LogP contribution in [0, 0.1) is 13.8 Å². The van der Waals surface area contributed by atoms with Gasteiger partial charge in [-0.1, -0.05) is 36.8 Å². The molecule has 5 nitrogen and oxygen atoms in total. The van der Waals surface area contributed by atoms with Gasteiger partial charge in [0.05, 0.1) is 17.6 Å². The zero-order chi connectivity index (χ0) is 19.4. The Kier molecular flexibility index (Phi) is 5.50. The van der Waals surface area contributed by atoms with Crippen LogP contribution in [0.4, 0.5) is 5.69 Å². The van der Waals surface area contributed by atoms with Crippen molar-refractivity contribution in [2.24, 2.45) is 0 Å². The number of carbonyl (C=O) groups is 2. The van der Waals surface area contributed by atoms with E-state index in [2.05, 4.69) is 15.6 Å². The van der Waals surface area contributed by atoms with Crippen LogP contribution in [0.2, 0.25) is 0 Å². The van der Waals surface area contributed by atoms with Gasteiger partial charge >= 0.3 is 0 Å². The van der Waals surface area contributed by atoms with Gasteiger partial charge in [-0.25, -0.2) is 0 Å². The molecule has 2 amide bonds. The van der Waals surface area contributed by atoms with Crippen LogP contribution in [0.5, 0.6) is 0 Å². The summed E-state index contributed by atoms with van der Waals surface area (Å²) in [6, 6.07) is 15.2. The Balaban J connectivity index is 1.73. The highest BCUT2D eigenvalue weighted by molar-refractivity contribution is 6.07. The molecule has 0 aliphatic carbocycles. The molecule has 1 heterocycles. The zero-order valence-electron chi connectivity index (χ0n) is 15.8. The molecule has 138 valence electrons. The number of pyridine rings is 1. The summed E-state index contributed by atoms with van der Waals surface area (Å²) in [5, 5.41) is 6.36. The van der Waals surface area contributed by atoms with Crippen LogP contribution in [-0.2, 0) is 11.2 Å². The average molecular weight is 361 g/mol. The fraction of sp³-hybridized carbons (Fsp3) is 0.227. The summed E-state index contributed by atoms with van der Waals surface area (Å²) in [6.45, 7) is 5.77. The second-order valence-corrected chi connectivity index (χ2v) is 6.57. The summed E-state index contributed by atoms with van der Waals surface area (Å²) in [6.07, 6.45) is 0.824. The smallest absolute Gasteiger partial charge is 0.252 e. The number of benzene rings is 2. The van der Waals surface area contributed by atoms with Crippen molar-refractivity contribution in [1.82, 2.24) is 10.3 Å². The van der Waals surface area contributed by atoms with Crippen LogP contribution >= 0.6 is 0 Å². The van der Waals surface area contributed by atoms with Crippen molar-refractivity contribution in [3.05, 3.63) is 70.9 Å². The van der Waals surface area contributed by atoms with E-state index in [1.54, 1.807) is 6.07 Å². The molecule has 0 radical (unpaired) electrons. The number of aryl methyl sites for hydroxylation is 3. The van der Waals surface area contributed by atoms with Gasteiger partial charge in [-0.2, -0.15) is 0 Å². The van der Waals surface area contributed by atoms with Crippen molar-refractivity contribution in [2.75, 3.05) is 11.9 Å². The number of hydrogen-bond acceptors (Lipinski definition) is 3. The fourth-order valence-electron chi connectivity index (χ4n) is 3.06. The summed E-state index contributed by atoms with van der Waals surface area (Å²) in [7, 11) is 0. The minimum Gasteiger partial charge on any atom is -0.343 e. The van der Waals surface area contributed by atoms with E-state index in [0.29, 0.717) is 5.56 Å². The number of aromatic nitrogens is 1. The summed E-state index contributed by atoms with van der Waals surface area (Å²) in [4.78, 5) is 29.4. The lowest BCUT2D eigenvalue weighted by Gasteiger charge is -2.12. The molecule has 0 saturated heterocycles. The van der Waals surface area contributed by atoms with Crippen molar-refractivity contribution in [3.8, 4) is 0 Å². The first-order valence-electron chi connectivity index (χ1n) is 9.02. The van der Waals surface area contributed by atoms with Gasteiger partial charge in [-0.05, 0) is 50.1 Å². The van der Waals surface area contributed by atoms with Crippen LogP contribution in [0.25, 0.3) is 10.9 Å². The number of nitrogens with zero attached hydrogens (tertiary/aromatic N) is 1. The highest BCUT2D eigenvalue weighted by atomic mass is 16.2. The minimum atomic E-state index is -0.282. The Morgan fingerprint density at radius 3 is 2.59 bits per heavy atom. The molecule has 0 atom stereocenters. The van der Waals surface area contributed by atoms with E-state index in [4.69, 9.17) is 0 Å². The molecule has 0 aliphatic rings. The van der Waals surface area contributed by atoms with E-state index in [1.807, 2.05) is 63.2 Å². The number of nitrogens with one attached hydrogen (secondary N) is 2. The van der Waals surface area contributed by atoms with E-state index in [-0.39, 0.29) is 18.4 Å². The molecule has 5 heteroatoms. The van der Waals surface area contributed by atoms with Gasteiger partial charge < -0.3 is 10.6 Å². The first-order valence-corrected chi connectivity index (χ1v) is 9.02. The number of para-hydroxylation sites is 1. The van der Waals surface area contributed by atoms with E-state index in [9.17, 15) is 9.59 Å². The molecular weight excluding hydrogens is 338 g/mol. The molecule has 3 rings (SSSR count). The Hall–Kier alpha value is -3.21. The third-order valence-electron chi connectivity index (χ3n) is 4.42. The predicted octanol–water partition coefficient (Wildman–Crippen LogP) is 3.78. The van der Waals surface area contributed by atoms with Crippen molar-refractivity contribution in [2.45, 2.75) is 27.2 Å². The molecule has 0 fully saturated rings. The van der Waals surface area contributed by atoms with Crippen LogP contribution in [0.1, 0.15) is 34.1 Å². The van der Waals surface area contributed by atoms with Gasteiger partial charge in [0, 0.05) is 16.8 Å². The van der Waals surface area contributed by atoms with Crippen LogP contribution in [0.15, 0.2) is 48.5 Å². The minimum absolute atomic E-state index is 0.0917. The highest BCUT2D eigenvalue weighted by Gasteiger charge is 2.14. The van der Waals surface area contributed by atoms with Gasteiger partial charge in [0.2, 0.25) is 5.91 Å². The van der Waals surface area contributed by atoms with Crippen LogP contribution in [-0.4, -0.2) is 23.3 Å². The molecule has 2 N–H and O–H groups in total. The fourth-order valence-corrected chi connectivity index (χ4v) is 3.06. The van der Waals surface area contributed by atoms with Crippen LogP contribution < -0.4 is 10.6 Å². The maximum Gasteiger partial charge on any atom is 0.252 e. The van der Waals surface area contributed by atoms with Crippen LogP contribution in [0.3, 0.4) is 0 Å². The number of anilines is 1. The summed E-state index contributed by atoms with van der Waals surface area (Å²) < 4.78 is 0. The lowest BCUT2D eigenvalue weighted by atomic mass is 10.0. The molecule has 0 aliphatic heterocycles. The molecule has 3 aromatic rings. The molecule has 1 aromatic heterocycles. The maximum absolute atomic E-state index is 12.7. The van der Waals surface area contributed by atoms with Crippen molar-refractivity contribution in [3.63, 3.8) is 0 Å². The predicted molar refractivity (Wildman–Crippen MR) is 108 cm³/mol. The van der Waals surface area contributed by atoms with E-state index in [0.717, 1.165) is 39.8 Å². The standard InChI is InChI=1S/C22H23N3O2/c1-4-16-7-5-6-8-19(16)25-21(26)13-23-22(27)18-12-15(3)24-20-10-9-14(2)11-17(18)20/h5-12H,4,13H2,1-3H3,(H,23,27)(H,25,26). The Bertz CT molecular complexity index is 1010. The highest BCUT2D eigenvalue weighted by Crippen LogP contribution is 2.20. The van der Waals surface area contributed by atoms with Gasteiger partial charge in [-0.3, -0.25) is 14.6 Å². The molecular formula is C22H23N3O2. The quantitative estimate of drug-likeness (QED) is 0.726. The summed E-state index contributed by atoms with van der Waals surface area (Å²) in [5.74, 6) is -0.537. The van der Waals surface area contributed by atoms with Gasteiger partial charge in [0.1, 0.15) is 0 Å². The number of carbonyl (C=O) groups excluding carboxylic acids is 2. The molecule has 27 heavy (non-hydrogen) atoms. The average Bonchev–Trinajstić information content (AvgIpc) is 2.66. The number of rotatable bonds is 5. The van der Waals surface area contributed by atoms with E-state index < -0.39 is 0 Å². The largest absolute Gasteiger partial charge is 0.343 e. The monoisotopic (exact) mass is 361 g/mol. The van der Waals surface area contributed by atoms with Gasteiger partial charge in [0.15, 0.2) is 0 Å². The Morgan fingerprint density at radius 2 is 1.81 bits per heavy atom. The Labute approximate surface area is 158 Å². The SMILES string of the molecule is CCc1ccccc1NC(=O)CNC(=O)c1cc(C)nc2ccc(C)cc12. The molecule has 0 spiro atoms. The Morgan fingerprint density at radius 1 is 1.04 bits per heavy atom. The van der Waals surface area contributed by atoms with E-state index in [1.165, 1.54) is 0 Å². The van der Waals surface area contributed by atoms with Crippen molar-refractivity contribution >= 4 is 28.4 Å². The second-order valence-electron chi connectivity index (χ2n) is 6.57. The zero-order valence-corrected chi connectivity index (χ0v) is 15.8. The van der Waals surface area contributed by atoms with Crippen molar-refractivity contribution < 1.29 is 9.59 Å². The molecule has 0 bridgehead atoms. The molecule has 0 unspecified atom stereocenters. The topological polar surface area (TPSA) is 71.1 Å². The first-order chi connectivity index (χ1) is 13.0. The lowest BCUT2D eigenvalue weighted by Crippen LogP contribution is -2.33. The summed E-state index contributed by atoms with van der Waals surface area (Å²) in [5.41, 5.74) is 4.95.